The number of hydrogen-bond donors (Lipinski definition) is 0. The van der Waals surface area contributed by atoms with Crippen molar-refractivity contribution in [3.63, 3.8) is 0 Å². The Morgan fingerprint density at radius 2 is 2.05 bits per heavy atom. The molecule has 4 nitrogen and oxygen atoms in total. The van der Waals surface area contributed by atoms with Crippen LogP contribution >= 0.6 is 15.9 Å². The molecule has 1 amide bonds. The highest BCUT2D eigenvalue weighted by Gasteiger charge is 2.31. The monoisotopic (exact) mass is 353 g/mol. The molecule has 0 bridgehead atoms. The highest BCUT2D eigenvalue weighted by molar-refractivity contribution is 9.10. The van der Waals surface area contributed by atoms with Gasteiger partial charge >= 0.3 is 0 Å². The Morgan fingerprint density at radius 3 is 2.81 bits per heavy atom. The van der Waals surface area contributed by atoms with E-state index in [1.165, 1.54) is 19.4 Å². The van der Waals surface area contributed by atoms with Crippen molar-refractivity contribution < 1.29 is 4.79 Å². The Hall–Kier alpha value is -0.810. The molecule has 5 heteroatoms. The maximum Gasteiger partial charge on any atom is 0.270 e. The molecule has 1 atom stereocenters. The summed E-state index contributed by atoms with van der Waals surface area (Å²) in [6, 6.07) is 2.83. The molecule has 3 rings (SSSR count). The van der Waals surface area contributed by atoms with Gasteiger partial charge in [-0.25, -0.2) is 0 Å². The van der Waals surface area contributed by atoms with E-state index in [1.54, 1.807) is 0 Å². The van der Waals surface area contributed by atoms with Crippen molar-refractivity contribution in [3.05, 3.63) is 22.4 Å². The van der Waals surface area contributed by atoms with E-state index >= 15 is 0 Å². The quantitative estimate of drug-likeness (QED) is 0.816. The largest absolute Gasteiger partial charge is 0.340 e. The van der Waals surface area contributed by atoms with Crippen LogP contribution in [0.5, 0.6) is 0 Å². The smallest absolute Gasteiger partial charge is 0.270 e. The van der Waals surface area contributed by atoms with Gasteiger partial charge in [0.25, 0.3) is 5.91 Å². The average Bonchev–Trinajstić information content (AvgIpc) is 2.99. The first-order valence-corrected chi connectivity index (χ1v) is 8.76. The van der Waals surface area contributed by atoms with Gasteiger partial charge < -0.3 is 9.47 Å². The minimum Gasteiger partial charge on any atom is -0.340 e. The predicted octanol–water partition coefficient (Wildman–Crippen LogP) is 3.14. The summed E-state index contributed by atoms with van der Waals surface area (Å²) >= 11 is 3.50. The first-order chi connectivity index (χ1) is 10.1. The summed E-state index contributed by atoms with van der Waals surface area (Å²) in [6.07, 6.45) is 5.61. The van der Waals surface area contributed by atoms with Gasteiger partial charge in [0, 0.05) is 42.4 Å². The maximum absolute atomic E-state index is 12.9. The molecular weight excluding hydrogens is 330 g/mol. The summed E-state index contributed by atoms with van der Waals surface area (Å²) in [7, 11) is 0. The van der Waals surface area contributed by atoms with E-state index in [4.69, 9.17) is 0 Å². The molecule has 2 fully saturated rings. The van der Waals surface area contributed by atoms with Gasteiger partial charge in [0.05, 0.1) is 0 Å². The fourth-order valence-electron chi connectivity index (χ4n) is 3.60. The lowest BCUT2D eigenvalue weighted by Crippen LogP contribution is -2.40. The number of hydrogen-bond acceptors (Lipinski definition) is 2. The molecule has 2 aliphatic rings. The zero-order valence-corrected chi connectivity index (χ0v) is 14.5. The average molecular weight is 354 g/mol. The van der Waals surface area contributed by atoms with Crippen LogP contribution in [0.3, 0.4) is 0 Å². The van der Waals surface area contributed by atoms with Gasteiger partial charge in [-0.1, -0.05) is 0 Å². The minimum absolute atomic E-state index is 0.183. The summed E-state index contributed by atoms with van der Waals surface area (Å²) in [5, 5.41) is 0. The molecule has 1 unspecified atom stereocenters. The molecule has 0 aromatic carbocycles. The van der Waals surface area contributed by atoms with E-state index in [1.807, 2.05) is 12.3 Å². The second-order valence-corrected chi connectivity index (χ2v) is 7.40. The molecule has 1 aromatic heterocycles. The fourth-order valence-corrected chi connectivity index (χ4v) is 4.03. The van der Waals surface area contributed by atoms with Crippen molar-refractivity contribution in [1.82, 2.24) is 14.4 Å². The van der Waals surface area contributed by atoms with Crippen molar-refractivity contribution in [2.45, 2.75) is 45.2 Å². The molecule has 116 valence electrons. The lowest BCUT2D eigenvalue weighted by atomic mass is 10.2. The van der Waals surface area contributed by atoms with Crippen molar-refractivity contribution in [2.75, 3.05) is 26.2 Å². The Balaban J connectivity index is 1.81. The van der Waals surface area contributed by atoms with Gasteiger partial charge in [-0.3, -0.25) is 9.69 Å². The van der Waals surface area contributed by atoms with E-state index in [9.17, 15) is 4.79 Å². The van der Waals surface area contributed by atoms with E-state index in [0.29, 0.717) is 12.1 Å². The molecule has 0 radical (unpaired) electrons. The first kappa shape index (κ1) is 15.1. The van der Waals surface area contributed by atoms with E-state index in [2.05, 4.69) is 44.1 Å². The lowest BCUT2D eigenvalue weighted by Gasteiger charge is -2.26. The minimum atomic E-state index is 0.183. The summed E-state index contributed by atoms with van der Waals surface area (Å²) in [5.41, 5.74) is 0.809. The highest BCUT2D eigenvalue weighted by atomic mass is 79.9. The van der Waals surface area contributed by atoms with E-state index in [-0.39, 0.29) is 5.91 Å². The van der Waals surface area contributed by atoms with Crippen LogP contribution in [0, 0.1) is 0 Å². The zero-order valence-electron chi connectivity index (χ0n) is 12.9. The molecule has 21 heavy (non-hydrogen) atoms. The third kappa shape index (κ3) is 3.04. The van der Waals surface area contributed by atoms with E-state index in [0.717, 1.165) is 36.2 Å². The topological polar surface area (TPSA) is 28.5 Å². The molecular formula is C16H24BrN3O. The molecule has 0 aliphatic carbocycles. The van der Waals surface area contributed by atoms with Crippen LogP contribution in [-0.4, -0.2) is 52.5 Å². The van der Waals surface area contributed by atoms with Crippen molar-refractivity contribution in [1.29, 1.82) is 0 Å². The van der Waals surface area contributed by atoms with Crippen molar-refractivity contribution in [3.8, 4) is 0 Å². The summed E-state index contributed by atoms with van der Waals surface area (Å²) in [5.74, 6) is 0.183. The van der Waals surface area contributed by atoms with Crippen LogP contribution in [0.1, 0.15) is 49.6 Å². The third-order valence-corrected chi connectivity index (χ3v) is 5.12. The number of carbonyl (C=O) groups excluding carboxylic acids is 1. The first-order valence-electron chi connectivity index (χ1n) is 7.97. The molecule has 0 saturated carbocycles. The summed E-state index contributed by atoms with van der Waals surface area (Å²) in [6.45, 7) is 8.35. The number of nitrogens with zero attached hydrogens (tertiary/aromatic N) is 3. The van der Waals surface area contributed by atoms with Gasteiger partial charge in [0.2, 0.25) is 0 Å². The second kappa shape index (κ2) is 6.13. The van der Waals surface area contributed by atoms with Gasteiger partial charge in [-0.05, 0) is 61.7 Å². The van der Waals surface area contributed by atoms with Crippen LogP contribution in [0.15, 0.2) is 16.7 Å². The number of fused-ring (bicyclic) bond motifs is 1. The predicted molar refractivity (Wildman–Crippen MR) is 87.6 cm³/mol. The van der Waals surface area contributed by atoms with E-state index < -0.39 is 0 Å². The zero-order chi connectivity index (χ0) is 15.0. The fraction of sp³-hybridized carbons (Fsp3) is 0.688. The number of rotatable bonds is 2. The molecule has 0 spiro atoms. The van der Waals surface area contributed by atoms with Crippen LogP contribution in [0.4, 0.5) is 0 Å². The van der Waals surface area contributed by atoms with Crippen molar-refractivity contribution >= 4 is 21.8 Å². The maximum atomic E-state index is 12.9. The van der Waals surface area contributed by atoms with Gasteiger partial charge in [-0.2, -0.15) is 0 Å². The van der Waals surface area contributed by atoms with Crippen molar-refractivity contribution in [2.24, 2.45) is 0 Å². The molecule has 1 aromatic rings. The van der Waals surface area contributed by atoms with Gasteiger partial charge in [0.15, 0.2) is 0 Å². The van der Waals surface area contributed by atoms with Crippen LogP contribution < -0.4 is 0 Å². The highest BCUT2D eigenvalue weighted by Crippen LogP contribution is 2.25. The number of aromatic nitrogens is 1. The molecule has 2 aliphatic heterocycles. The Morgan fingerprint density at radius 1 is 1.29 bits per heavy atom. The summed E-state index contributed by atoms with van der Waals surface area (Å²) < 4.78 is 3.06. The van der Waals surface area contributed by atoms with Gasteiger partial charge in [0.1, 0.15) is 5.69 Å². The second-order valence-electron chi connectivity index (χ2n) is 6.48. The van der Waals surface area contributed by atoms with Crippen LogP contribution in [0.25, 0.3) is 0 Å². The van der Waals surface area contributed by atoms with Gasteiger partial charge in [-0.15, -0.1) is 0 Å². The Kier molecular flexibility index (Phi) is 4.41. The molecule has 2 saturated heterocycles. The normalized spacial score (nSPS) is 23.4. The number of carbonyl (C=O) groups is 1. The molecule has 0 N–H and O–H groups in total. The van der Waals surface area contributed by atoms with Crippen LogP contribution in [-0.2, 0) is 0 Å². The number of amides is 1. The molecule has 3 heterocycles. The standard InChI is InChI=1S/C16H24BrN3O/c1-12(2)20-10-13(17)9-15(20)16(21)19-8-4-7-18-6-3-5-14(18)11-19/h9-10,12,14H,3-8,11H2,1-2H3. The third-order valence-electron chi connectivity index (χ3n) is 4.68. The SMILES string of the molecule is CC(C)n1cc(Br)cc1C(=O)N1CCCN2CCCC2C1. The number of halogens is 1. The van der Waals surface area contributed by atoms with Crippen LogP contribution in [0.2, 0.25) is 0 Å². The Bertz CT molecular complexity index is 526. The Labute approximate surface area is 135 Å². The lowest BCUT2D eigenvalue weighted by molar-refractivity contribution is 0.0731. The summed E-state index contributed by atoms with van der Waals surface area (Å²) in [4.78, 5) is 17.6.